The van der Waals surface area contributed by atoms with E-state index < -0.39 is 71.8 Å². The van der Waals surface area contributed by atoms with Crippen molar-refractivity contribution in [1.82, 2.24) is 4.67 Å². The van der Waals surface area contributed by atoms with E-state index in [-0.39, 0.29) is 31.7 Å². The van der Waals surface area contributed by atoms with Gasteiger partial charge < -0.3 is 27.6 Å². The predicted octanol–water partition coefficient (Wildman–Crippen LogP) is 6.14. The number of rotatable bonds is 13. The van der Waals surface area contributed by atoms with Gasteiger partial charge in [0.15, 0.2) is 8.32 Å². The molecule has 2 saturated heterocycles. The Balaban J connectivity index is 2.59. The van der Waals surface area contributed by atoms with E-state index in [0.29, 0.717) is 6.42 Å². The Morgan fingerprint density at radius 2 is 1.90 bits per heavy atom. The fourth-order valence-electron chi connectivity index (χ4n) is 4.97. The molecule has 3 unspecified atom stereocenters. The maximum absolute atomic E-state index is 15.5. The topological polar surface area (TPSA) is 110 Å². The lowest BCUT2D eigenvalue weighted by Crippen LogP contribution is -2.54. The second-order valence-electron chi connectivity index (χ2n) is 12.1. The summed E-state index contributed by atoms with van der Waals surface area (Å²) in [7, 11) is -2.88. The minimum absolute atomic E-state index is 0.0361. The summed E-state index contributed by atoms with van der Waals surface area (Å²) in [6.45, 7) is 16.2. The molecular formula is C24H45BF2N2O7P2Si. The Labute approximate surface area is 236 Å². The smallest absolute Gasteiger partial charge is 0.399 e. The molecule has 0 aromatic rings. The van der Waals surface area contributed by atoms with Crippen LogP contribution in [0.5, 0.6) is 0 Å². The number of halogens is 2. The Kier molecular flexibility index (Phi) is 11.8. The molecule has 2 rings (SSSR count). The standard InChI is InChI=1S/C24H45BF2N2O7P2Si/c1-10-33-38(30)24(26,27)15-23(16-34-38)20(19(21(25)35-23)14-22(6,7)39(8,9)31)36-37(32-13-11-12-28)29(17(2)3)18(4)5/h17-21,31H,10-11,13-16H2,1-9H3/t19-,20?,21+,23-,37?,38?/m0/s1. The minimum atomic E-state index is -4.75. The van der Waals surface area contributed by atoms with Crippen molar-refractivity contribution in [2.75, 3.05) is 19.8 Å². The maximum Gasteiger partial charge on any atom is 0.399 e. The third-order valence-electron chi connectivity index (χ3n) is 7.66. The molecule has 224 valence electrons. The van der Waals surface area contributed by atoms with Crippen LogP contribution >= 0.6 is 16.1 Å². The van der Waals surface area contributed by atoms with Crippen molar-refractivity contribution >= 4 is 32.3 Å². The molecular weight excluding hydrogens is 567 g/mol. The van der Waals surface area contributed by atoms with E-state index in [1.807, 2.05) is 65.4 Å². The summed E-state index contributed by atoms with van der Waals surface area (Å²) >= 11 is 0. The van der Waals surface area contributed by atoms with E-state index in [1.165, 1.54) is 6.92 Å². The average molecular weight is 612 g/mol. The van der Waals surface area contributed by atoms with Gasteiger partial charge in [-0.3, -0.25) is 4.57 Å². The zero-order valence-corrected chi connectivity index (χ0v) is 27.4. The molecule has 1 N–H and O–H groups in total. The third kappa shape index (κ3) is 7.70. The van der Waals surface area contributed by atoms with Crippen LogP contribution in [0.2, 0.25) is 18.1 Å². The monoisotopic (exact) mass is 612 g/mol. The molecule has 39 heavy (non-hydrogen) atoms. The van der Waals surface area contributed by atoms with Crippen molar-refractivity contribution in [2.45, 2.75) is 121 Å². The molecule has 2 radical (unpaired) electrons. The van der Waals surface area contributed by atoms with Gasteiger partial charge in [0.25, 0.3) is 8.53 Å². The van der Waals surface area contributed by atoms with Crippen LogP contribution in [0.1, 0.15) is 67.7 Å². The van der Waals surface area contributed by atoms with Crippen molar-refractivity contribution in [3.63, 3.8) is 0 Å². The van der Waals surface area contributed by atoms with Gasteiger partial charge in [0.1, 0.15) is 19.6 Å². The summed E-state index contributed by atoms with van der Waals surface area (Å²) in [6, 6.07) is 0.957. The van der Waals surface area contributed by atoms with Crippen LogP contribution in [-0.2, 0) is 27.4 Å². The van der Waals surface area contributed by atoms with Crippen molar-refractivity contribution in [3.05, 3.63) is 0 Å². The molecule has 0 bridgehead atoms. The lowest BCUT2D eigenvalue weighted by molar-refractivity contribution is -0.153. The molecule has 0 aromatic heterocycles. The second kappa shape index (κ2) is 13.1. The summed E-state index contributed by atoms with van der Waals surface area (Å²) in [5.74, 6) is -0.617. The summed E-state index contributed by atoms with van der Waals surface area (Å²) in [5, 5.41) is 8.50. The number of hydrogen-bond donors (Lipinski definition) is 1. The minimum Gasteiger partial charge on any atom is -0.432 e. The first kappa shape index (κ1) is 35.2. The van der Waals surface area contributed by atoms with Crippen LogP contribution in [0, 0.1) is 17.2 Å². The highest BCUT2D eigenvalue weighted by Gasteiger charge is 2.69. The first-order valence-electron chi connectivity index (χ1n) is 13.5. The van der Waals surface area contributed by atoms with Crippen LogP contribution in [0.4, 0.5) is 8.78 Å². The van der Waals surface area contributed by atoms with Gasteiger partial charge in [-0.1, -0.05) is 13.8 Å². The Morgan fingerprint density at radius 1 is 1.31 bits per heavy atom. The first-order chi connectivity index (χ1) is 17.8. The zero-order valence-electron chi connectivity index (χ0n) is 24.6. The Hall–Kier alpha value is 0.0118. The van der Waals surface area contributed by atoms with Gasteiger partial charge in [-0.25, -0.2) is 4.67 Å². The Morgan fingerprint density at radius 3 is 2.36 bits per heavy atom. The van der Waals surface area contributed by atoms with E-state index in [1.54, 1.807) is 0 Å². The molecule has 9 nitrogen and oxygen atoms in total. The van der Waals surface area contributed by atoms with Gasteiger partial charge in [-0.2, -0.15) is 14.0 Å². The summed E-state index contributed by atoms with van der Waals surface area (Å²) in [5.41, 5.74) is -5.59. The fourth-order valence-corrected chi connectivity index (χ4v) is 9.20. The van der Waals surface area contributed by atoms with Crippen LogP contribution in [-0.4, -0.2) is 80.9 Å². The van der Waals surface area contributed by atoms with Gasteiger partial charge in [-0.15, -0.1) is 0 Å². The second-order valence-corrected chi connectivity index (χ2v) is 20.1. The quantitative estimate of drug-likeness (QED) is 0.149. The molecule has 2 fully saturated rings. The highest BCUT2D eigenvalue weighted by atomic mass is 31.2. The van der Waals surface area contributed by atoms with Crippen LogP contribution in [0.15, 0.2) is 0 Å². The van der Waals surface area contributed by atoms with E-state index in [4.69, 9.17) is 35.9 Å². The first-order valence-corrected chi connectivity index (χ1v) is 19.1. The van der Waals surface area contributed by atoms with E-state index in [0.717, 1.165) is 0 Å². The third-order valence-corrected chi connectivity index (χ3v) is 15.3. The van der Waals surface area contributed by atoms with Crippen molar-refractivity contribution in [3.8, 4) is 6.07 Å². The summed E-state index contributed by atoms with van der Waals surface area (Å²) < 4.78 is 75.0. The molecule has 2 aliphatic rings. The molecule has 0 saturated carbocycles. The van der Waals surface area contributed by atoms with Crippen LogP contribution in [0.25, 0.3) is 0 Å². The van der Waals surface area contributed by atoms with Crippen molar-refractivity contribution in [2.24, 2.45) is 5.92 Å². The Bertz CT molecular complexity index is 914. The number of nitrogens with zero attached hydrogens (tertiary/aromatic N) is 2. The molecule has 0 aromatic carbocycles. The molecule has 15 heteroatoms. The lowest BCUT2D eigenvalue weighted by Gasteiger charge is -2.46. The predicted molar refractivity (Wildman–Crippen MR) is 150 cm³/mol. The average Bonchev–Trinajstić information content (AvgIpc) is 3.00. The van der Waals surface area contributed by atoms with E-state index in [9.17, 15) is 9.36 Å². The molecule has 1 spiro atoms. The molecule has 2 aliphatic heterocycles. The number of nitriles is 1. The highest BCUT2D eigenvalue weighted by molar-refractivity contribution is 7.55. The van der Waals surface area contributed by atoms with Gasteiger partial charge >= 0.3 is 13.3 Å². The fraction of sp³-hybridized carbons (Fsp3) is 0.958. The van der Waals surface area contributed by atoms with E-state index in [2.05, 4.69) is 0 Å². The highest BCUT2D eigenvalue weighted by Crippen LogP contribution is 2.70. The van der Waals surface area contributed by atoms with Crippen LogP contribution in [0.3, 0.4) is 0 Å². The van der Waals surface area contributed by atoms with Gasteiger partial charge in [0.2, 0.25) is 0 Å². The normalized spacial score (nSPS) is 32.3. The molecule has 2 heterocycles. The van der Waals surface area contributed by atoms with Gasteiger partial charge in [0, 0.05) is 24.0 Å². The molecule has 6 atom stereocenters. The van der Waals surface area contributed by atoms with Crippen molar-refractivity contribution < 1.29 is 41.0 Å². The summed E-state index contributed by atoms with van der Waals surface area (Å²) in [4.78, 5) is 11.0. The maximum atomic E-state index is 15.5. The van der Waals surface area contributed by atoms with Gasteiger partial charge in [-0.05, 0) is 59.2 Å². The lowest BCUT2D eigenvalue weighted by atomic mass is 9.76. The van der Waals surface area contributed by atoms with E-state index >= 15 is 8.78 Å². The SMILES string of the molecule is [B][C@@H]1O[C@@]2(COP(=O)(OCC)C(F)(F)C2)C(OP(OCCC#N)N(C(C)C)C(C)C)[C@@H]1CC(C)(C)[Si](C)(C)O. The number of hydrogen-bond acceptors (Lipinski definition) is 9. The largest absolute Gasteiger partial charge is 0.432 e. The number of ether oxygens (including phenoxy) is 1. The summed E-state index contributed by atoms with van der Waals surface area (Å²) in [6.07, 6.45) is -1.57. The molecule has 0 aliphatic carbocycles. The zero-order chi connectivity index (χ0) is 30.0. The number of alkyl halides is 2. The molecule has 0 amide bonds. The van der Waals surface area contributed by atoms with Crippen molar-refractivity contribution in [1.29, 1.82) is 5.26 Å². The van der Waals surface area contributed by atoms with Gasteiger partial charge in [0.05, 0.1) is 38.7 Å². The van der Waals surface area contributed by atoms with Crippen LogP contribution < -0.4 is 0 Å².